The SMILES string of the molecule is COc1ncc(Br)c2sccc12. The molecule has 0 amide bonds. The Kier molecular flexibility index (Phi) is 2.02. The molecule has 0 aliphatic carbocycles. The lowest BCUT2D eigenvalue weighted by Crippen LogP contribution is -1.86. The zero-order chi connectivity index (χ0) is 8.55. The van der Waals surface area contributed by atoms with E-state index in [2.05, 4.69) is 20.9 Å². The summed E-state index contributed by atoms with van der Waals surface area (Å²) in [7, 11) is 1.63. The molecule has 0 fully saturated rings. The summed E-state index contributed by atoms with van der Waals surface area (Å²) < 4.78 is 7.32. The molecule has 0 radical (unpaired) electrons. The van der Waals surface area contributed by atoms with E-state index in [1.165, 1.54) is 4.70 Å². The topological polar surface area (TPSA) is 22.1 Å². The summed E-state index contributed by atoms with van der Waals surface area (Å²) in [6.07, 6.45) is 1.76. The molecule has 0 saturated carbocycles. The van der Waals surface area contributed by atoms with Crippen LogP contribution in [0.4, 0.5) is 0 Å². The first-order valence-electron chi connectivity index (χ1n) is 3.38. The largest absolute Gasteiger partial charge is 0.481 e. The minimum Gasteiger partial charge on any atom is -0.481 e. The Hall–Kier alpha value is -0.610. The summed E-state index contributed by atoms with van der Waals surface area (Å²) in [5.74, 6) is 0.689. The maximum Gasteiger partial charge on any atom is 0.221 e. The van der Waals surface area contributed by atoms with Crippen molar-refractivity contribution < 1.29 is 4.74 Å². The zero-order valence-corrected chi connectivity index (χ0v) is 8.78. The van der Waals surface area contributed by atoms with Gasteiger partial charge in [-0.15, -0.1) is 11.3 Å². The Balaban J connectivity index is 2.82. The van der Waals surface area contributed by atoms with Crippen molar-refractivity contribution in [3.8, 4) is 5.88 Å². The van der Waals surface area contributed by atoms with Crippen LogP contribution >= 0.6 is 27.3 Å². The smallest absolute Gasteiger partial charge is 0.221 e. The molecule has 2 nitrogen and oxygen atoms in total. The Bertz CT molecular complexity index is 412. The van der Waals surface area contributed by atoms with Gasteiger partial charge in [0.05, 0.1) is 21.7 Å². The summed E-state index contributed by atoms with van der Waals surface area (Å²) >= 11 is 5.11. The van der Waals surface area contributed by atoms with E-state index in [1.807, 2.05) is 11.4 Å². The van der Waals surface area contributed by atoms with Gasteiger partial charge in [0.25, 0.3) is 0 Å². The Morgan fingerprint density at radius 3 is 3.17 bits per heavy atom. The number of pyridine rings is 1. The molecule has 0 unspecified atom stereocenters. The fourth-order valence-corrected chi connectivity index (χ4v) is 2.45. The van der Waals surface area contributed by atoms with E-state index in [4.69, 9.17) is 4.74 Å². The second-order valence-corrected chi connectivity index (χ2v) is 4.05. The molecule has 0 aliphatic heterocycles. The fraction of sp³-hybridized carbons (Fsp3) is 0.125. The molecule has 0 N–H and O–H groups in total. The van der Waals surface area contributed by atoms with E-state index in [9.17, 15) is 0 Å². The predicted molar refractivity (Wildman–Crippen MR) is 53.9 cm³/mol. The van der Waals surface area contributed by atoms with Crippen molar-refractivity contribution in [3.63, 3.8) is 0 Å². The minimum absolute atomic E-state index is 0.689. The van der Waals surface area contributed by atoms with Crippen LogP contribution in [0.25, 0.3) is 10.1 Å². The van der Waals surface area contributed by atoms with E-state index >= 15 is 0 Å². The van der Waals surface area contributed by atoms with Crippen LogP contribution in [-0.2, 0) is 0 Å². The normalized spacial score (nSPS) is 10.5. The maximum absolute atomic E-state index is 5.12. The first kappa shape index (κ1) is 8.01. The van der Waals surface area contributed by atoms with Crippen molar-refractivity contribution >= 4 is 37.4 Å². The Morgan fingerprint density at radius 1 is 1.58 bits per heavy atom. The molecule has 0 bridgehead atoms. The molecule has 0 spiro atoms. The Morgan fingerprint density at radius 2 is 2.42 bits per heavy atom. The van der Waals surface area contributed by atoms with Gasteiger partial charge in [-0.05, 0) is 27.4 Å². The second-order valence-electron chi connectivity index (χ2n) is 2.28. The first-order chi connectivity index (χ1) is 5.83. The lowest BCUT2D eigenvalue weighted by atomic mass is 10.3. The predicted octanol–water partition coefficient (Wildman–Crippen LogP) is 3.07. The number of ether oxygens (including phenoxy) is 1. The molecule has 2 heterocycles. The van der Waals surface area contributed by atoms with Gasteiger partial charge >= 0.3 is 0 Å². The quantitative estimate of drug-likeness (QED) is 0.769. The lowest BCUT2D eigenvalue weighted by Gasteiger charge is -2.00. The highest BCUT2D eigenvalue weighted by molar-refractivity contribution is 9.10. The second kappa shape index (κ2) is 3.03. The zero-order valence-electron chi connectivity index (χ0n) is 6.37. The van der Waals surface area contributed by atoms with E-state index < -0.39 is 0 Å². The molecular weight excluding hydrogens is 238 g/mol. The third kappa shape index (κ3) is 1.11. The number of thiophene rings is 1. The molecular formula is C8H6BrNOS. The Labute approximate surface area is 82.3 Å². The number of fused-ring (bicyclic) bond motifs is 1. The molecule has 0 atom stereocenters. The van der Waals surface area contributed by atoms with E-state index in [0.717, 1.165) is 9.86 Å². The van der Waals surface area contributed by atoms with Crippen LogP contribution in [0.2, 0.25) is 0 Å². The number of halogens is 1. The van der Waals surface area contributed by atoms with Crippen LogP contribution in [0, 0.1) is 0 Å². The third-order valence-electron chi connectivity index (χ3n) is 1.60. The average molecular weight is 244 g/mol. The van der Waals surface area contributed by atoms with Gasteiger partial charge in [-0.1, -0.05) is 0 Å². The summed E-state index contributed by atoms with van der Waals surface area (Å²) in [4.78, 5) is 4.13. The van der Waals surface area contributed by atoms with Gasteiger partial charge in [-0.25, -0.2) is 4.98 Å². The minimum atomic E-state index is 0.689. The average Bonchev–Trinajstić information content (AvgIpc) is 2.54. The van der Waals surface area contributed by atoms with Gasteiger partial charge in [0.1, 0.15) is 0 Å². The van der Waals surface area contributed by atoms with Gasteiger partial charge in [0.15, 0.2) is 0 Å². The fourth-order valence-electron chi connectivity index (χ4n) is 1.07. The van der Waals surface area contributed by atoms with Crippen molar-refractivity contribution in [2.75, 3.05) is 7.11 Å². The molecule has 2 aromatic heterocycles. The monoisotopic (exact) mass is 243 g/mol. The number of methoxy groups -OCH3 is 1. The van der Waals surface area contributed by atoms with Crippen molar-refractivity contribution in [1.29, 1.82) is 0 Å². The van der Waals surface area contributed by atoms with E-state index in [1.54, 1.807) is 24.6 Å². The number of hydrogen-bond acceptors (Lipinski definition) is 3. The van der Waals surface area contributed by atoms with Gasteiger partial charge in [0.2, 0.25) is 5.88 Å². The van der Waals surface area contributed by atoms with Gasteiger partial charge in [-0.2, -0.15) is 0 Å². The van der Waals surface area contributed by atoms with Gasteiger partial charge in [0, 0.05) is 6.20 Å². The molecule has 12 heavy (non-hydrogen) atoms. The van der Waals surface area contributed by atoms with Crippen molar-refractivity contribution in [3.05, 3.63) is 22.1 Å². The molecule has 0 aliphatic rings. The molecule has 4 heteroatoms. The summed E-state index contributed by atoms with van der Waals surface area (Å²) in [5, 5.41) is 3.09. The number of nitrogens with zero attached hydrogens (tertiary/aromatic N) is 1. The third-order valence-corrected chi connectivity index (χ3v) is 3.41. The standard InChI is InChI=1S/C8H6BrNOS/c1-11-8-5-2-3-12-7(5)6(9)4-10-8/h2-4H,1H3. The van der Waals surface area contributed by atoms with Crippen LogP contribution in [0.5, 0.6) is 5.88 Å². The van der Waals surface area contributed by atoms with Crippen LogP contribution in [0.3, 0.4) is 0 Å². The maximum atomic E-state index is 5.12. The van der Waals surface area contributed by atoms with Crippen LogP contribution in [0.15, 0.2) is 22.1 Å². The number of hydrogen-bond donors (Lipinski definition) is 0. The number of rotatable bonds is 1. The van der Waals surface area contributed by atoms with Crippen molar-refractivity contribution in [2.45, 2.75) is 0 Å². The van der Waals surface area contributed by atoms with Gasteiger partial charge < -0.3 is 4.74 Å². The molecule has 0 saturated heterocycles. The van der Waals surface area contributed by atoms with E-state index in [-0.39, 0.29) is 0 Å². The molecule has 2 aromatic rings. The summed E-state index contributed by atoms with van der Waals surface area (Å²) in [6.45, 7) is 0. The lowest BCUT2D eigenvalue weighted by molar-refractivity contribution is 0.403. The first-order valence-corrected chi connectivity index (χ1v) is 5.06. The molecule has 62 valence electrons. The highest BCUT2D eigenvalue weighted by atomic mass is 79.9. The van der Waals surface area contributed by atoms with Crippen molar-refractivity contribution in [1.82, 2.24) is 4.98 Å². The van der Waals surface area contributed by atoms with Crippen LogP contribution in [-0.4, -0.2) is 12.1 Å². The summed E-state index contributed by atoms with van der Waals surface area (Å²) in [6, 6.07) is 2.01. The van der Waals surface area contributed by atoms with E-state index in [0.29, 0.717) is 5.88 Å². The summed E-state index contributed by atoms with van der Waals surface area (Å²) in [5.41, 5.74) is 0. The molecule has 2 rings (SSSR count). The number of aromatic nitrogens is 1. The van der Waals surface area contributed by atoms with Crippen LogP contribution < -0.4 is 4.74 Å². The highest BCUT2D eigenvalue weighted by Crippen LogP contribution is 2.33. The van der Waals surface area contributed by atoms with Gasteiger partial charge in [-0.3, -0.25) is 0 Å². The molecule has 0 aromatic carbocycles. The highest BCUT2D eigenvalue weighted by Gasteiger charge is 2.06. The van der Waals surface area contributed by atoms with Crippen molar-refractivity contribution in [2.24, 2.45) is 0 Å². The van der Waals surface area contributed by atoms with Crippen LogP contribution in [0.1, 0.15) is 0 Å².